The van der Waals surface area contributed by atoms with E-state index in [1.807, 2.05) is 13.0 Å². The average molecular weight is 380 g/mol. The molecule has 1 saturated heterocycles. The Balaban J connectivity index is 1.99. The van der Waals surface area contributed by atoms with Crippen molar-refractivity contribution in [3.8, 4) is 0 Å². The number of allylic oxidation sites excluding steroid dienone is 1. The number of aromatic nitrogens is 1. The summed E-state index contributed by atoms with van der Waals surface area (Å²) < 4.78 is 0. The van der Waals surface area contributed by atoms with Gasteiger partial charge in [0.25, 0.3) is 11.6 Å². The Morgan fingerprint density at radius 2 is 2.07 bits per heavy atom. The Kier molecular flexibility index (Phi) is 5.46. The first-order valence-electron chi connectivity index (χ1n) is 8.07. The van der Waals surface area contributed by atoms with Crippen LogP contribution < -0.4 is 0 Å². The monoisotopic (exact) mass is 380 g/mol. The number of nitro groups is 1. The molecule has 2 heterocycles. The van der Waals surface area contributed by atoms with Crippen LogP contribution in [-0.4, -0.2) is 32.4 Å². The molecule has 3 rings (SSSR count). The summed E-state index contributed by atoms with van der Waals surface area (Å²) >= 11 is 1.26. The van der Waals surface area contributed by atoms with Gasteiger partial charge in [0.15, 0.2) is 11.0 Å². The lowest BCUT2D eigenvalue weighted by Crippen LogP contribution is -2.29. The summed E-state index contributed by atoms with van der Waals surface area (Å²) in [6.45, 7) is 5.85. The molecule has 0 atom stereocenters. The zero-order valence-corrected chi connectivity index (χ0v) is 15.3. The fraction of sp³-hybridized carbons (Fsp3) is 0.105. The molecule has 0 N–H and O–H groups in total. The van der Waals surface area contributed by atoms with Crippen molar-refractivity contribution < 1.29 is 9.72 Å². The van der Waals surface area contributed by atoms with Crippen molar-refractivity contribution in [1.82, 2.24) is 9.88 Å². The number of pyridine rings is 1. The van der Waals surface area contributed by atoms with E-state index in [2.05, 4.69) is 16.6 Å². The van der Waals surface area contributed by atoms with Crippen molar-refractivity contribution >= 4 is 39.9 Å². The van der Waals surface area contributed by atoms with Crippen LogP contribution in [0.25, 0.3) is 5.57 Å². The fourth-order valence-electron chi connectivity index (χ4n) is 2.49. The maximum absolute atomic E-state index is 12.9. The SMILES string of the molecule is C=CCN1C(=O)/C(=C(\C)c2ccc([N+](=O)[O-])cc2)S/C1=N/c1ccccn1. The van der Waals surface area contributed by atoms with E-state index >= 15 is 0 Å². The van der Waals surface area contributed by atoms with Gasteiger partial charge in [-0.15, -0.1) is 6.58 Å². The van der Waals surface area contributed by atoms with Gasteiger partial charge in [0, 0.05) is 24.9 Å². The molecule has 0 unspecified atom stereocenters. The molecule has 1 aromatic carbocycles. The number of carbonyl (C=O) groups excluding carboxylic acids is 1. The third-order valence-electron chi connectivity index (χ3n) is 3.89. The summed E-state index contributed by atoms with van der Waals surface area (Å²) in [4.78, 5) is 34.0. The second-order valence-corrected chi connectivity index (χ2v) is 6.62. The number of benzene rings is 1. The molecule has 7 nitrogen and oxygen atoms in total. The van der Waals surface area contributed by atoms with E-state index in [4.69, 9.17) is 0 Å². The molecular formula is C19H16N4O3S. The summed E-state index contributed by atoms with van der Waals surface area (Å²) in [6, 6.07) is 11.5. The van der Waals surface area contributed by atoms with E-state index in [1.165, 1.54) is 28.8 Å². The largest absolute Gasteiger partial charge is 0.282 e. The second-order valence-electron chi connectivity index (χ2n) is 5.65. The van der Waals surface area contributed by atoms with Gasteiger partial charge < -0.3 is 0 Å². The normalized spacial score (nSPS) is 17.3. The Morgan fingerprint density at radius 1 is 1.33 bits per heavy atom. The number of amides is 1. The maximum atomic E-state index is 12.9. The van der Waals surface area contributed by atoms with Crippen molar-refractivity contribution in [3.63, 3.8) is 0 Å². The van der Waals surface area contributed by atoms with Crippen LogP contribution in [-0.2, 0) is 4.79 Å². The van der Waals surface area contributed by atoms with Gasteiger partial charge in [-0.05, 0) is 54.1 Å². The first kappa shape index (κ1) is 18.5. The van der Waals surface area contributed by atoms with Crippen LogP contribution in [0.5, 0.6) is 0 Å². The summed E-state index contributed by atoms with van der Waals surface area (Å²) in [5.74, 6) is 0.335. The molecular weight excluding hydrogens is 364 g/mol. The van der Waals surface area contributed by atoms with Gasteiger partial charge in [0.05, 0.1) is 9.83 Å². The van der Waals surface area contributed by atoms with Crippen LogP contribution in [0, 0.1) is 10.1 Å². The zero-order valence-electron chi connectivity index (χ0n) is 14.5. The van der Waals surface area contributed by atoms with Crippen LogP contribution >= 0.6 is 11.8 Å². The topological polar surface area (TPSA) is 88.7 Å². The molecule has 2 aromatic rings. The lowest BCUT2D eigenvalue weighted by Gasteiger charge is -2.12. The third-order valence-corrected chi connectivity index (χ3v) is 5.07. The number of nitrogens with zero attached hydrogens (tertiary/aromatic N) is 4. The minimum absolute atomic E-state index is 0.00707. The molecule has 1 aliphatic rings. The van der Waals surface area contributed by atoms with Crippen molar-refractivity contribution in [2.75, 3.05) is 6.54 Å². The maximum Gasteiger partial charge on any atom is 0.269 e. The quantitative estimate of drug-likeness (QED) is 0.336. The summed E-state index contributed by atoms with van der Waals surface area (Å²) in [7, 11) is 0. The fourth-order valence-corrected chi connectivity index (χ4v) is 3.55. The first-order valence-corrected chi connectivity index (χ1v) is 8.89. The molecule has 1 aromatic heterocycles. The highest BCUT2D eigenvalue weighted by Gasteiger charge is 2.34. The minimum Gasteiger partial charge on any atom is -0.282 e. The number of nitro benzene ring substituents is 1. The van der Waals surface area contributed by atoms with E-state index in [-0.39, 0.29) is 11.6 Å². The van der Waals surface area contributed by atoms with Gasteiger partial charge >= 0.3 is 0 Å². The first-order chi connectivity index (χ1) is 13.0. The molecule has 27 heavy (non-hydrogen) atoms. The molecule has 0 aliphatic carbocycles. The summed E-state index contributed by atoms with van der Waals surface area (Å²) in [6.07, 6.45) is 3.27. The highest BCUT2D eigenvalue weighted by Crippen LogP contribution is 2.37. The molecule has 1 aliphatic heterocycles. The summed E-state index contributed by atoms with van der Waals surface area (Å²) in [5, 5.41) is 11.3. The highest BCUT2D eigenvalue weighted by molar-refractivity contribution is 8.18. The third kappa shape index (κ3) is 3.95. The van der Waals surface area contributed by atoms with Gasteiger partial charge in [-0.1, -0.05) is 12.1 Å². The smallest absolute Gasteiger partial charge is 0.269 e. The number of non-ortho nitro benzene ring substituents is 1. The Hall–Kier alpha value is -3.26. The number of hydrogen-bond acceptors (Lipinski definition) is 6. The number of hydrogen-bond donors (Lipinski definition) is 0. The van der Waals surface area contributed by atoms with Gasteiger partial charge in [0.1, 0.15) is 0 Å². The second kappa shape index (κ2) is 7.96. The number of rotatable bonds is 5. The van der Waals surface area contributed by atoms with Crippen LogP contribution in [0.2, 0.25) is 0 Å². The van der Waals surface area contributed by atoms with Gasteiger partial charge in [0.2, 0.25) is 0 Å². The Bertz CT molecular complexity index is 953. The Labute approximate surface area is 160 Å². The molecule has 1 amide bonds. The predicted octanol–water partition coefficient (Wildman–Crippen LogP) is 4.17. The number of amidine groups is 1. The van der Waals surface area contributed by atoms with Crippen molar-refractivity contribution in [1.29, 1.82) is 0 Å². The molecule has 136 valence electrons. The minimum atomic E-state index is -0.453. The molecule has 1 fully saturated rings. The molecule has 0 saturated carbocycles. The van der Waals surface area contributed by atoms with E-state index in [1.54, 1.807) is 36.5 Å². The predicted molar refractivity (Wildman–Crippen MR) is 107 cm³/mol. The van der Waals surface area contributed by atoms with Gasteiger partial charge in [-0.2, -0.15) is 0 Å². The summed E-state index contributed by atoms with van der Waals surface area (Å²) in [5.41, 5.74) is 1.49. The Morgan fingerprint density at radius 3 is 2.67 bits per heavy atom. The van der Waals surface area contributed by atoms with E-state index < -0.39 is 4.92 Å². The molecule has 0 bridgehead atoms. The van der Waals surface area contributed by atoms with Gasteiger partial charge in [-0.3, -0.25) is 19.8 Å². The van der Waals surface area contributed by atoms with Crippen LogP contribution in [0.1, 0.15) is 12.5 Å². The zero-order chi connectivity index (χ0) is 19.4. The van der Waals surface area contributed by atoms with Crippen molar-refractivity contribution in [2.45, 2.75) is 6.92 Å². The van der Waals surface area contributed by atoms with E-state index in [9.17, 15) is 14.9 Å². The molecule has 0 radical (unpaired) electrons. The van der Waals surface area contributed by atoms with Gasteiger partial charge in [-0.25, -0.2) is 9.98 Å². The van der Waals surface area contributed by atoms with Crippen molar-refractivity contribution in [3.05, 3.63) is 81.9 Å². The van der Waals surface area contributed by atoms with Crippen molar-refractivity contribution in [2.24, 2.45) is 4.99 Å². The van der Waals surface area contributed by atoms with Crippen LogP contribution in [0.15, 0.2) is 71.2 Å². The average Bonchev–Trinajstić information content (AvgIpc) is 2.98. The number of carbonyl (C=O) groups is 1. The lowest BCUT2D eigenvalue weighted by molar-refractivity contribution is -0.384. The standard InChI is InChI=1S/C19H16N4O3S/c1-3-12-22-18(24)17(27-19(22)21-16-6-4-5-11-20-16)13(2)14-7-9-15(10-8-14)23(25)26/h3-11H,1,12H2,2H3/b17-13-,21-19+. The van der Waals surface area contributed by atoms with E-state index in [0.29, 0.717) is 22.4 Å². The molecule has 8 heteroatoms. The molecule has 0 spiro atoms. The van der Waals surface area contributed by atoms with E-state index in [0.717, 1.165) is 11.1 Å². The number of thioether (sulfide) groups is 1. The number of aliphatic imine (C=N–C) groups is 1. The highest BCUT2D eigenvalue weighted by atomic mass is 32.2. The van der Waals surface area contributed by atoms with Crippen LogP contribution in [0.3, 0.4) is 0 Å². The lowest BCUT2D eigenvalue weighted by atomic mass is 10.1. The van der Waals surface area contributed by atoms with Crippen LogP contribution in [0.4, 0.5) is 11.5 Å².